The molecule has 0 spiro atoms. The van der Waals surface area contributed by atoms with Gasteiger partial charge < -0.3 is 10.4 Å². The fourth-order valence-corrected chi connectivity index (χ4v) is 2.34. The first-order valence-electron chi connectivity index (χ1n) is 6.53. The number of nitrogens with one attached hydrogen (secondary N) is 1. The van der Waals surface area contributed by atoms with E-state index in [0.717, 1.165) is 36.1 Å². The van der Waals surface area contributed by atoms with Crippen molar-refractivity contribution < 1.29 is 5.11 Å². The Balaban J connectivity index is 2.87. The van der Waals surface area contributed by atoms with Crippen molar-refractivity contribution >= 4 is 17.6 Å². The number of aliphatic hydroxyl groups is 1. The Morgan fingerprint density at radius 2 is 2.06 bits per heavy atom. The largest absolute Gasteiger partial charge is 0.392 e. The van der Waals surface area contributed by atoms with E-state index < -0.39 is 0 Å². The van der Waals surface area contributed by atoms with Crippen LogP contribution >= 0.6 is 11.8 Å². The second-order valence-electron chi connectivity index (χ2n) is 4.35. The van der Waals surface area contributed by atoms with E-state index in [4.69, 9.17) is 0 Å². The zero-order valence-electron chi connectivity index (χ0n) is 11.6. The number of rotatable bonds is 7. The number of aromatic nitrogens is 2. The summed E-state index contributed by atoms with van der Waals surface area (Å²) >= 11 is 1.59. The molecule has 0 radical (unpaired) electrons. The Morgan fingerprint density at radius 3 is 2.61 bits per heavy atom. The summed E-state index contributed by atoms with van der Waals surface area (Å²) < 4.78 is 0. The van der Waals surface area contributed by atoms with E-state index in [1.54, 1.807) is 18.7 Å². The fourth-order valence-electron chi connectivity index (χ4n) is 1.43. The lowest BCUT2D eigenvalue weighted by atomic mass is 10.3. The Kier molecular flexibility index (Phi) is 6.43. The molecule has 18 heavy (non-hydrogen) atoms. The van der Waals surface area contributed by atoms with Crippen LogP contribution in [0.3, 0.4) is 0 Å². The average Bonchev–Trinajstić information content (AvgIpc) is 2.29. The van der Waals surface area contributed by atoms with E-state index in [1.807, 2.05) is 19.9 Å². The average molecular weight is 269 g/mol. The molecule has 2 unspecified atom stereocenters. The lowest BCUT2D eigenvalue weighted by Gasteiger charge is -2.14. The Hall–Kier alpha value is -0.810. The number of thioether (sulfide) groups is 1. The van der Waals surface area contributed by atoms with Gasteiger partial charge in [0.25, 0.3) is 0 Å². The Bertz CT molecular complexity index is 347. The molecular formula is C13H23N3OS. The third kappa shape index (κ3) is 4.82. The highest BCUT2D eigenvalue weighted by atomic mass is 32.2. The molecule has 0 aromatic carbocycles. The quantitative estimate of drug-likeness (QED) is 0.589. The first-order valence-corrected chi connectivity index (χ1v) is 7.41. The highest BCUT2D eigenvalue weighted by molar-refractivity contribution is 7.99. The van der Waals surface area contributed by atoms with Gasteiger partial charge in [0.15, 0.2) is 0 Å². The van der Waals surface area contributed by atoms with Crippen LogP contribution in [0.2, 0.25) is 0 Å². The van der Waals surface area contributed by atoms with Crippen molar-refractivity contribution in [3.63, 3.8) is 0 Å². The zero-order valence-corrected chi connectivity index (χ0v) is 12.4. The van der Waals surface area contributed by atoms with Crippen molar-refractivity contribution in [1.29, 1.82) is 0 Å². The highest BCUT2D eigenvalue weighted by Gasteiger charge is 2.13. The van der Waals surface area contributed by atoms with Crippen LogP contribution in [0.4, 0.5) is 5.82 Å². The minimum atomic E-state index is -0.345. The lowest BCUT2D eigenvalue weighted by molar-refractivity contribution is 0.196. The van der Waals surface area contributed by atoms with Crippen molar-refractivity contribution in [2.24, 2.45) is 0 Å². The summed E-state index contributed by atoms with van der Waals surface area (Å²) in [7, 11) is 0. The van der Waals surface area contributed by atoms with Gasteiger partial charge in [-0.3, -0.25) is 0 Å². The van der Waals surface area contributed by atoms with Crippen LogP contribution in [0.15, 0.2) is 11.1 Å². The third-order valence-corrected chi connectivity index (χ3v) is 3.78. The standard InChI is InChI=1S/C13H23N3OS/c1-5-7-11-15-12(14-6-2)8-13(16-11)18-10(4)9(3)17/h8-10,17H,5-7H2,1-4H3,(H,14,15,16). The van der Waals surface area contributed by atoms with Gasteiger partial charge in [-0.25, -0.2) is 9.97 Å². The summed E-state index contributed by atoms with van der Waals surface area (Å²) in [5.41, 5.74) is 0. The molecule has 0 aliphatic heterocycles. The van der Waals surface area contributed by atoms with Crippen molar-refractivity contribution in [3.8, 4) is 0 Å². The minimum Gasteiger partial charge on any atom is -0.392 e. The topological polar surface area (TPSA) is 58.0 Å². The number of aliphatic hydroxyl groups excluding tert-OH is 1. The van der Waals surface area contributed by atoms with Crippen LogP contribution in [0.1, 0.15) is 39.9 Å². The van der Waals surface area contributed by atoms with Crippen LogP contribution in [0, 0.1) is 0 Å². The molecule has 1 rings (SSSR count). The highest BCUT2D eigenvalue weighted by Crippen LogP contribution is 2.25. The number of aryl methyl sites for hydroxylation is 1. The summed E-state index contributed by atoms with van der Waals surface area (Å²) in [6.07, 6.45) is 1.57. The van der Waals surface area contributed by atoms with Gasteiger partial charge in [-0.15, -0.1) is 11.8 Å². The van der Waals surface area contributed by atoms with Crippen LogP contribution < -0.4 is 5.32 Å². The molecule has 2 N–H and O–H groups in total. The monoisotopic (exact) mass is 269 g/mol. The minimum absolute atomic E-state index is 0.129. The van der Waals surface area contributed by atoms with Gasteiger partial charge in [-0.2, -0.15) is 0 Å². The predicted molar refractivity (Wildman–Crippen MR) is 77.2 cm³/mol. The SMILES string of the molecule is CCCc1nc(NCC)cc(SC(C)C(C)O)n1. The maximum atomic E-state index is 9.55. The van der Waals surface area contributed by atoms with E-state index in [2.05, 4.69) is 22.2 Å². The summed E-state index contributed by atoms with van der Waals surface area (Å²) in [5, 5.41) is 13.8. The number of hydrogen-bond donors (Lipinski definition) is 2. The maximum Gasteiger partial charge on any atom is 0.132 e. The molecular weight excluding hydrogens is 246 g/mol. The Morgan fingerprint density at radius 1 is 1.33 bits per heavy atom. The molecule has 2 atom stereocenters. The lowest BCUT2D eigenvalue weighted by Crippen LogP contribution is -2.15. The molecule has 0 aliphatic rings. The summed E-state index contributed by atoms with van der Waals surface area (Å²) in [6.45, 7) is 8.82. The van der Waals surface area contributed by atoms with E-state index in [-0.39, 0.29) is 11.4 Å². The van der Waals surface area contributed by atoms with Crippen LogP contribution in [-0.4, -0.2) is 33.0 Å². The first kappa shape index (κ1) is 15.2. The summed E-state index contributed by atoms with van der Waals surface area (Å²) in [5.74, 6) is 1.74. The van der Waals surface area contributed by atoms with E-state index in [1.165, 1.54) is 0 Å². The van der Waals surface area contributed by atoms with Gasteiger partial charge in [-0.1, -0.05) is 13.8 Å². The van der Waals surface area contributed by atoms with Crippen LogP contribution in [0.5, 0.6) is 0 Å². The molecule has 1 aromatic rings. The first-order chi connectivity index (χ1) is 8.56. The van der Waals surface area contributed by atoms with Gasteiger partial charge in [0.1, 0.15) is 16.7 Å². The molecule has 1 aromatic heterocycles. The Labute approximate surface area is 114 Å². The number of anilines is 1. The number of hydrogen-bond acceptors (Lipinski definition) is 5. The molecule has 1 heterocycles. The van der Waals surface area contributed by atoms with Crippen molar-refractivity contribution in [2.45, 2.75) is 56.9 Å². The molecule has 0 amide bonds. The van der Waals surface area contributed by atoms with Crippen molar-refractivity contribution in [2.75, 3.05) is 11.9 Å². The molecule has 4 nitrogen and oxygen atoms in total. The van der Waals surface area contributed by atoms with Crippen molar-refractivity contribution in [3.05, 3.63) is 11.9 Å². The second kappa shape index (κ2) is 7.59. The molecule has 102 valence electrons. The van der Waals surface area contributed by atoms with Gasteiger partial charge in [0.05, 0.1) is 6.10 Å². The second-order valence-corrected chi connectivity index (χ2v) is 5.75. The molecule has 0 aliphatic carbocycles. The van der Waals surface area contributed by atoms with E-state index in [0.29, 0.717) is 0 Å². The van der Waals surface area contributed by atoms with E-state index >= 15 is 0 Å². The van der Waals surface area contributed by atoms with Gasteiger partial charge >= 0.3 is 0 Å². The third-order valence-electron chi connectivity index (χ3n) is 2.57. The fraction of sp³-hybridized carbons (Fsp3) is 0.692. The van der Waals surface area contributed by atoms with Gasteiger partial charge in [0.2, 0.25) is 0 Å². The van der Waals surface area contributed by atoms with Gasteiger partial charge in [-0.05, 0) is 20.3 Å². The molecule has 0 fully saturated rings. The molecule has 0 saturated carbocycles. The van der Waals surface area contributed by atoms with Crippen LogP contribution in [0.25, 0.3) is 0 Å². The molecule has 0 saturated heterocycles. The van der Waals surface area contributed by atoms with Gasteiger partial charge in [0, 0.05) is 24.3 Å². The summed E-state index contributed by atoms with van der Waals surface area (Å²) in [4.78, 5) is 9.00. The normalized spacial score (nSPS) is 14.3. The molecule has 0 bridgehead atoms. The smallest absolute Gasteiger partial charge is 0.132 e. The van der Waals surface area contributed by atoms with E-state index in [9.17, 15) is 5.11 Å². The maximum absolute atomic E-state index is 9.55. The predicted octanol–water partition coefficient (Wildman–Crippen LogP) is 2.72. The molecule has 5 heteroatoms. The summed E-state index contributed by atoms with van der Waals surface area (Å²) in [6, 6.07) is 1.95. The van der Waals surface area contributed by atoms with Crippen molar-refractivity contribution in [1.82, 2.24) is 9.97 Å². The zero-order chi connectivity index (χ0) is 13.5. The van der Waals surface area contributed by atoms with Crippen LogP contribution in [-0.2, 0) is 6.42 Å². The number of nitrogens with zero attached hydrogens (tertiary/aromatic N) is 2.